The lowest BCUT2D eigenvalue weighted by atomic mass is 10.1. The number of amides is 1. The van der Waals surface area contributed by atoms with Crippen LogP contribution in [0.1, 0.15) is 26.7 Å². The quantitative estimate of drug-likeness (QED) is 0.510. The van der Waals surface area contributed by atoms with Gasteiger partial charge in [-0.15, -0.1) is 0 Å². The predicted molar refractivity (Wildman–Crippen MR) is 50.8 cm³/mol. The Kier molecular flexibility index (Phi) is 5.82. The van der Waals surface area contributed by atoms with E-state index in [0.29, 0.717) is 6.42 Å². The highest BCUT2D eigenvalue weighted by molar-refractivity contribution is 5.82. The Morgan fingerprint density at radius 2 is 2.00 bits per heavy atom. The van der Waals surface area contributed by atoms with Gasteiger partial charge in [-0.1, -0.05) is 6.92 Å². The van der Waals surface area contributed by atoms with Crippen molar-refractivity contribution in [2.24, 2.45) is 11.5 Å². The van der Waals surface area contributed by atoms with E-state index in [9.17, 15) is 9.59 Å². The predicted octanol–water partition coefficient (Wildman–Crippen LogP) is -0.965. The lowest BCUT2D eigenvalue weighted by Crippen LogP contribution is -2.50. The van der Waals surface area contributed by atoms with E-state index in [4.69, 9.17) is 11.5 Å². The van der Waals surface area contributed by atoms with Crippen molar-refractivity contribution in [3.63, 3.8) is 0 Å². The van der Waals surface area contributed by atoms with Crippen molar-refractivity contribution in [1.82, 2.24) is 5.48 Å². The van der Waals surface area contributed by atoms with Gasteiger partial charge in [-0.05, 0) is 13.3 Å². The summed E-state index contributed by atoms with van der Waals surface area (Å²) in [5.74, 6) is -1.08. The minimum absolute atomic E-state index is 0.258. The van der Waals surface area contributed by atoms with E-state index in [1.165, 1.54) is 0 Å². The van der Waals surface area contributed by atoms with Gasteiger partial charge in [-0.3, -0.25) is 4.79 Å². The molecule has 2 atom stereocenters. The van der Waals surface area contributed by atoms with Crippen molar-refractivity contribution in [3.05, 3.63) is 0 Å². The molecule has 0 saturated heterocycles. The van der Waals surface area contributed by atoms with Gasteiger partial charge in [0.1, 0.15) is 6.04 Å². The monoisotopic (exact) mass is 203 g/mol. The number of rotatable bonds is 4. The van der Waals surface area contributed by atoms with Crippen LogP contribution in [0.15, 0.2) is 0 Å². The highest BCUT2D eigenvalue weighted by Gasteiger charge is 2.18. The maximum absolute atomic E-state index is 11.1. The molecule has 0 bridgehead atoms. The average molecular weight is 203 g/mol. The summed E-state index contributed by atoms with van der Waals surface area (Å²) < 4.78 is 0. The summed E-state index contributed by atoms with van der Waals surface area (Å²) in [7, 11) is 0. The molecular formula is C8H17N3O3. The van der Waals surface area contributed by atoms with Gasteiger partial charge in [0, 0.05) is 12.5 Å². The molecule has 0 spiro atoms. The molecule has 0 rings (SSSR count). The van der Waals surface area contributed by atoms with Crippen molar-refractivity contribution in [1.29, 1.82) is 0 Å². The van der Waals surface area contributed by atoms with Gasteiger partial charge < -0.3 is 16.3 Å². The first-order valence-electron chi connectivity index (χ1n) is 4.49. The third-order valence-electron chi connectivity index (χ3n) is 1.59. The first-order valence-corrected chi connectivity index (χ1v) is 4.49. The molecule has 6 heteroatoms. The number of carbonyl (C=O) groups excluding carboxylic acids is 2. The topological polar surface area (TPSA) is 107 Å². The minimum Gasteiger partial charge on any atom is -0.341 e. The van der Waals surface area contributed by atoms with E-state index >= 15 is 0 Å². The van der Waals surface area contributed by atoms with Gasteiger partial charge in [-0.25, -0.2) is 4.79 Å². The zero-order chi connectivity index (χ0) is 11.1. The summed E-state index contributed by atoms with van der Waals surface area (Å²) >= 11 is 0. The van der Waals surface area contributed by atoms with Gasteiger partial charge >= 0.3 is 5.97 Å². The van der Waals surface area contributed by atoms with Crippen LogP contribution >= 0.6 is 0 Å². The summed E-state index contributed by atoms with van der Waals surface area (Å²) in [5.41, 5.74) is 12.7. The third-order valence-corrected chi connectivity index (χ3v) is 1.59. The molecule has 14 heavy (non-hydrogen) atoms. The summed E-state index contributed by atoms with van der Waals surface area (Å²) in [6.45, 7) is 3.43. The lowest BCUT2D eigenvalue weighted by molar-refractivity contribution is -0.158. The van der Waals surface area contributed by atoms with Crippen LogP contribution in [0.5, 0.6) is 0 Å². The van der Waals surface area contributed by atoms with Crippen LogP contribution in [-0.4, -0.2) is 24.0 Å². The normalized spacial score (nSPS) is 14.3. The van der Waals surface area contributed by atoms with E-state index in [1.54, 1.807) is 6.92 Å². The summed E-state index contributed by atoms with van der Waals surface area (Å²) in [6, 6.07) is -1.36. The molecule has 0 aliphatic heterocycles. The van der Waals surface area contributed by atoms with Crippen LogP contribution < -0.4 is 16.9 Å². The zero-order valence-corrected chi connectivity index (χ0v) is 8.45. The Hall–Kier alpha value is -1.14. The van der Waals surface area contributed by atoms with Gasteiger partial charge in [0.05, 0.1) is 0 Å². The van der Waals surface area contributed by atoms with Crippen LogP contribution in [0.4, 0.5) is 0 Å². The maximum atomic E-state index is 11.1. The highest BCUT2D eigenvalue weighted by Crippen LogP contribution is 1.90. The molecule has 0 aliphatic rings. The summed E-state index contributed by atoms with van der Waals surface area (Å²) in [5, 5.41) is 0. The lowest BCUT2D eigenvalue weighted by Gasteiger charge is -2.14. The number of nitrogens with two attached hydrogens (primary N) is 2. The Bertz CT molecular complexity index is 206. The maximum Gasteiger partial charge on any atom is 0.332 e. The molecule has 82 valence electrons. The molecule has 1 amide bonds. The van der Waals surface area contributed by atoms with Gasteiger partial charge in [-0.2, -0.15) is 5.48 Å². The number of hydrogen-bond acceptors (Lipinski definition) is 5. The first-order chi connectivity index (χ1) is 6.49. The first kappa shape index (κ1) is 12.9. The fraction of sp³-hybridized carbons (Fsp3) is 0.750. The van der Waals surface area contributed by atoms with E-state index in [-0.39, 0.29) is 6.42 Å². The van der Waals surface area contributed by atoms with Crippen molar-refractivity contribution in [2.45, 2.75) is 38.8 Å². The second kappa shape index (κ2) is 6.33. The second-order valence-corrected chi connectivity index (χ2v) is 3.08. The van der Waals surface area contributed by atoms with E-state index < -0.39 is 24.0 Å². The molecule has 0 heterocycles. The van der Waals surface area contributed by atoms with Crippen LogP contribution in [0, 0.1) is 0 Å². The average Bonchev–Trinajstić information content (AvgIpc) is 2.13. The van der Waals surface area contributed by atoms with Crippen molar-refractivity contribution < 1.29 is 14.4 Å². The van der Waals surface area contributed by atoms with Gasteiger partial charge in [0.25, 0.3) is 5.91 Å². The standard InChI is InChI=1S/C8H17N3O3/c1-3-4-6(12)14-11-8(13)7(10)5(2)9/h5,7H,3-4,9-10H2,1-2H3,(H,11,13). The second-order valence-electron chi connectivity index (χ2n) is 3.08. The van der Waals surface area contributed by atoms with Crippen LogP contribution in [0.2, 0.25) is 0 Å². The van der Waals surface area contributed by atoms with Crippen molar-refractivity contribution in [3.8, 4) is 0 Å². The Morgan fingerprint density at radius 3 is 2.43 bits per heavy atom. The molecule has 0 aliphatic carbocycles. The molecule has 0 radical (unpaired) electrons. The van der Waals surface area contributed by atoms with Crippen LogP contribution in [-0.2, 0) is 14.4 Å². The SMILES string of the molecule is CCCC(=O)ONC(=O)C(N)C(C)N. The number of hydroxylamine groups is 1. The van der Waals surface area contributed by atoms with E-state index in [0.717, 1.165) is 0 Å². The fourth-order valence-corrected chi connectivity index (χ4v) is 0.669. The third kappa shape index (κ3) is 4.78. The highest BCUT2D eigenvalue weighted by atomic mass is 16.7. The minimum atomic E-state index is -0.871. The largest absolute Gasteiger partial charge is 0.341 e. The zero-order valence-electron chi connectivity index (χ0n) is 8.45. The van der Waals surface area contributed by atoms with Gasteiger partial charge in [0.2, 0.25) is 0 Å². The molecule has 0 saturated carbocycles. The number of hydrogen-bond donors (Lipinski definition) is 3. The van der Waals surface area contributed by atoms with Crippen LogP contribution in [0.25, 0.3) is 0 Å². The van der Waals surface area contributed by atoms with E-state index in [2.05, 4.69) is 4.84 Å². The summed E-state index contributed by atoms with van der Waals surface area (Å²) in [6.07, 6.45) is 0.918. The molecule has 0 aromatic carbocycles. The van der Waals surface area contributed by atoms with Crippen LogP contribution in [0.3, 0.4) is 0 Å². The van der Waals surface area contributed by atoms with E-state index in [1.807, 2.05) is 12.4 Å². The number of nitrogens with one attached hydrogen (secondary N) is 1. The molecule has 0 fully saturated rings. The number of carbonyl (C=O) groups is 2. The fourth-order valence-electron chi connectivity index (χ4n) is 0.669. The molecule has 0 aromatic heterocycles. The summed E-state index contributed by atoms with van der Waals surface area (Å²) in [4.78, 5) is 26.4. The molecule has 2 unspecified atom stereocenters. The molecule has 0 aromatic rings. The smallest absolute Gasteiger partial charge is 0.332 e. The Labute approximate surface area is 82.9 Å². The van der Waals surface area contributed by atoms with Crippen molar-refractivity contribution in [2.75, 3.05) is 0 Å². The Balaban J connectivity index is 3.79. The van der Waals surface area contributed by atoms with Gasteiger partial charge in [0.15, 0.2) is 0 Å². The van der Waals surface area contributed by atoms with Crippen molar-refractivity contribution >= 4 is 11.9 Å². The Morgan fingerprint density at radius 1 is 1.43 bits per heavy atom. The molecular weight excluding hydrogens is 186 g/mol. The molecule has 6 nitrogen and oxygen atoms in total. The molecule has 5 N–H and O–H groups in total.